The van der Waals surface area contributed by atoms with E-state index >= 15 is 0 Å². The van der Waals surface area contributed by atoms with Gasteiger partial charge in [0.25, 0.3) is 5.97 Å². The van der Waals surface area contributed by atoms with Crippen molar-refractivity contribution in [3.8, 4) is 0 Å². The van der Waals surface area contributed by atoms with Gasteiger partial charge in [-0.25, -0.2) is 0 Å². The Kier molecular flexibility index (Phi) is 13.7. The zero-order valence-corrected chi connectivity index (χ0v) is 6.98. The molecule has 0 aromatic rings. The molecule has 0 aromatic carbocycles. The first kappa shape index (κ1) is 12.1. The van der Waals surface area contributed by atoms with E-state index in [-0.39, 0.29) is 0 Å². The summed E-state index contributed by atoms with van der Waals surface area (Å²) < 4.78 is 0. The molecule has 0 aliphatic carbocycles. The van der Waals surface area contributed by atoms with E-state index in [9.17, 15) is 0 Å². The molecule has 0 rings (SSSR count). The molecule has 62 valence electrons. The lowest BCUT2D eigenvalue weighted by atomic mass is 10.3. The van der Waals surface area contributed by atoms with Crippen LogP contribution in [-0.2, 0) is 4.79 Å². The number of carbonyl (C=O) groups is 1. The Bertz CT molecular complexity index is 66.0. The highest BCUT2D eigenvalue weighted by atomic mass is 16.4. The van der Waals surface area contributed by atoms with Crippen molar-refractivity contribution in [1.29, 1.82) is 0 Å². The van der Waals surface area contributed by atoms with Gasteiger partial charge in [0.2, 0.25) is 0 Å². The van der Waals surface area contributed by atoms with Crippen molar-refractivity contribution in [2.75, 3.05) is 13.6 Å². The minimum absolute atomic E-state index is 0.833. The Balaban J connectivity index is 0. The Hall–Kier alpha value is -0.570. The minimum Gasteiger partial charge on any atom is -0.481 e. The quantitative estimate of drug-likeness (QED) is 0.588. The fraction of sp³-hybridized carbons (Fsp3) is 0.857. The van der Waals surface area contributed by atoms with Gasteiger partial charge in [0, 0.05) is 6.92 Å². The lowest BCUT2D eigenvalue weighted by Crippen LogP contribution is -2.06. The van der Waals surface area contributed by atoms with Crippen LogP contribution in [0.1, 0.15) is 26.7 Å². The van der Waals surface area contributed by atoms with E-state index < -0.39 is 5.97 Å². The number of aliphatic carboxylic acids is 1. The number of unbranched alkanes of at least 4 members (excludes halogenated alkanes) is 1. The number of hydrogen-bond acceptors (Lipinski definition) is 2. The summed E-state index contributed by atoms with van der Waals surface area (Å²) in [6.07, 6.45) is 2.59. The molecule has 0 saturated carbocycles. The third kappa shape index (κ3) is 52.0. The highest BCUT2D eigenvalue weighted by Gasteiger charge is 1.73. The summed E-state index contributed by atoms with van der Waals surface area (Å²) in [6.45, 7) is 4.44. The number of rotatable bonds is 3. The molecule has 0 saturated heterocycles. The van der Waals surface area contributed by atoms with E-state index in [0.717, 1.165) is 13.5 Å². The van der Waals surface area contributed by atoms with Gasteiger partial charge in [-0.3, -0.25) is 4.79 Å². The fourth-order valence-corrected chi connectivity index (χ4v) is 0.354. The first-order valence-electron chi connectivity index (χ1n) is 3.49. The van der Waals surface area contributed by atoms with Gasteiger partial charge in [-0.05, 0) is 20.0 Å². The molecule has 0 amide bonds. The Morgan fingerprint density at radius 1 is 1.60 bits per heavy atom. The van der Waals surface area contributed by atoms with Crippen LogP contribution < -0.4 is 5.32 Å². The molecule has 10 heavy (non-hydrogen) atoms. The van der Waals surface area contributed by atoms with Crippen LogP contribution in [0.3, 0.4) is 0 Å². The third-order valence-electron chi connectivity index (χ3n) is 0.780. The molecular weight excluding hydrogens is 130 g/mol. The second-order valence-electron chi connectivity index (χ2n) is 1.98. The van der Waals surface area contributed by atoms with Crippen molar-refractivity contribution in [2.45, 2.75) is 26.7 Å². The summed E-state index contributed by atoms with van der Waals surface area (Å²) in [6, 6.07) is 0. The van der Waals surface area contributed by atoms with Crippen molar-refractivity contribution in [2.24, 2.45) is 0 Å². The SMILES string of the molecule is CC(=O)O.CCCCNC. The number of carboxylic acid groups (broad SMARTS) is 1. The number of nitrogens with one attached hydrogen (secondary N) is 1. The molecule has 3 heteroatoms. The van der Waals surface area contributed by atoms with Crippen LogP contribution in [0.5, 0.6) is 0 Å². The highest BCUT2D eigenvalue weighted by Crippen LogP contribution is 1.79. The molecule has 0 aliphatic rings. The summed E-state index contributed by atoms with van der Waals surface area (Å²) in [5.74, 6) is -0.833. The van der Waals surface area contributed by atoms with Gasteiger partial charge in [-0.1, -0.05) is 13.3 Å². The second kappa shape index (κ2) is 11.3. The van der Waals surface area contributed by atoms with E-state index in [0.29, 0.717) is 0 Å². The van der Waals surface area contributed by atoms with Gasteiger partial charge < -0.3 is 10.4 Å². The van der Waals surface area contributed by atoms with Crippen LogP contribution in [0.4, 0.5) is 0 Å². The van der Waals surface area contributed by atoms with Crippen LogP contribution in [-0.4, -0.2) is 24.7 Å². The van der Waals surface area contributed by atoms with Crippen molar-refractivity contribution in [1.82, 2.24) is 5.32 Å². The largest absolute Gasteiger partial charge is 0.481 e. The van der Waals surface area contributed by atoms with Gasteiger partial charge in [-0.15, -0.1) is 0 Å². The van der Waals surface area contributed by atoms with Gasteiger partial charge in [-0.2, -0.15) is 0 Å². The standard InChI is InChI=1S/C5H13N.C2H4O2/c1-3-4-5-6-2;1-2(3)4/h6H,3-5H2,1-2H3;1H3,(H,3,4). The molecule has 0 aliphatic heterocycles. The van der Waals surface area contributed by atoms with Crippen molar-refractivity contribution < 1.29 is 9.90 Å². The molecule has 0 radical (unpaired) electrons. The molecule has 0 unspecified atom stereocenters. The average Bonchev–Trinajstić information content (AvgIpc) is 1.82. The zero-order chi connectivity index (χ0) is 8.41. The Labute approximate surface area is 62.4 Å². The first-order chi connectivity index (χ1) is 4.65. The second-order valence-corrected chi connectivity index (χ2v) is 1.98. The van der Waals surface area contributed by atoms with E-state index in [1.54, 1.807) is 0 Å². The first-order valence-corrected chi connectivity index (χ1v) is 3.49. The number of carboxylic acids is 1. The number of hydrogen-bond donors (Lipinski definition) is 2. The molecule has 0 atom stereocenters. The van der Waals surface area contributed by atoms with Crippen LogP contribution in [0.2, 0.25) is 0 Å². The van der Waals surface area contributed by atoms with Crippen molar-refractivity contribution in [3.05, 3.63) is 0 Å². The van der Waals surface area contributed by atoms with Crippen molar-refractivity contribution in [3.63, 3.8) is 0 Å². The summed E-state index contributed by atoms with van der Waals surface area (Å²) >= 11 is 0. The van der Waals surface area contributed by atoms with Crippen LogP contribution >= 0.6 is 0 Å². The Morgan fingerprint density at radius 3 is 2.10 bits per heavy atom. The van der Waals surface area contributed by atoms with Gasteiger partial charge >= 0.3 is 0 Å². The molecule has 0 heterocycles. The maximum Gasteiger partial charge on any atom is 0.300 e. The fourth-order valence-electron chi connectivity index (χ4n) is 0.354. The van der Waals surface area contributed by atoms with Gasteiger partial charge in [0.15, 0.2) is 0 Å². The summed E-state index contributed by atoms with van der Waals surface area (Å²) in [4.78, 5) is 9.00. The normalized spacial score (nSPS) is 7.90. The highest BCUT2D eigenvalue weighted by molar-refractivity contribution is 5.62. The molecule has 2 N–H and O–H groups in total. The minimum atomic E-state index is -0.833. The molecule has 0 aromatic heterocycles. The third-order valence-corrected chi connectivity index (χ3v) is 0.780. The molecule has 0 spiro atoms. The average molecular weight is 147 g/mol. The lowest BCUT2D eigenvalue weighted by molar-refractivity contribution is -0.134. The molecule has 3 nitrogen and oxygen atoms in total. The van der Waals surface area contributed by atoms with Crippen LogP contribution in [0.25, 0.3) is 0 Å². The smallest absolute Gasteiger partial charge is 0.300 e. The summed E-state index contributed by atoms with van der Waals surface area (Å²) in [7, 11) is 1.98. The molecule has 0 fully saturated rings. The van der Waals surface area contributed by atoms with Crippen LogP contribution in [0.15, 0.2) is 0 Å². The molecular formula is C7H17NO2. The maximum absolute atomic E-state index is 9.00. The predicted molar refractivity (Wildman–Crippen MR) is 42.1 cm³/mol. The van der Waals surface area contributed by atoms with Gasteiger partial charge in [0.05, 0.1) is 0 Å². The van der Waals surface area contributed by atoms with E-state index in [1.165, 1.54) is 12.8 Å². The van der Waals surface area contributed by atoms with E-state index in [2.05, 4.69) is 12.2 Å². The van der Waals surface area contributed by atoms with Crippen LogP contribution in [0, 0.1) is 0 Å². The topological polar surface area (TPSA) is 49.3 Å². The van der Waals surface area contributed by atoms with Crippen molar-refractivity contribution >= 4 is 5.97 Å². The Morgan fingerprint density at radius 2 is 2.00 bits per heavy atom. The van der Waals surface area contributed by atoms with E-state index in [4.69, 9.17) is 9.90 Å². The monoisotopic (exact) mass is 147 g/mol. The summed E-state index contributed by atoms with van der Waals surface area (Å²) in [5, 5.41) is 10.5. The zero-order valence-electron chi connectivity index (χ0n) is 6.98. The van der Waals surface area contributed by atoms with E-state index in [1.807, 2.05) is 7.05 Å². The van der Waals surface area contributed by atoms with Gasteiger partial charge in [0.1, 0.15) is 0 Å². The molecule has 0 bridgehead atoms. The lowest BCUT2D eigenvalue weighted by Gasteiger charge is -1.89. The predicted octanol–water partition coefficient (Wildman–Crippen LogP) is 1.10. The maximum atomic E-state index is 9.00. The summed E-state index contributed by atoms with van der Waals surface area (Å²) in [5.41, 5.74) is 0.